The molecule has 0 fully saturated rings. The summed E-state index contributed by atoms with van der Waals surface area (Å²) in [7, 11) is 1.42. The van der Waals surface area contributed by atoms with Gasteiger partial charge in [0.25, 0.3) is 5.56 Å². The first-order valence-electron chi connectivity index (χ1n) is 6.41. The van der Waals surface area contributed by atoms with E-state index in [1.54, 1.807) is 6.92 Å². The van der Waals surface area contributed by atoms with Crippen LogP contribution in [0.15, 0.2) is 9.59 Å². The zero-order valence-corrected chi connectivity index (χ0v) is 11.6. The van der Waals surface area contributed by atoms with Crippen molar-refractivity contribution in [2.45, 2.75) is 39.3 Å². The normalized spacial score (nSPS) is 12.4. The number of aliphatic hydroxyl groups excluding tert-OH is 1. The summed E-state index contributed by atoms with van der Waals surface area (Å²) in [6.45, 7) is 4.28. The highest BCUT2D eigenvalue weighted by Gasteiger charge is 2.15. The molecular formula is C12H22N4O3. The van der Waals surface area contributed by atoms with E-state index in [4.69, 9.17) is 5.73 Å². The molecule has 0 aliphatic carbocycles. The summed E-state index contributed by atoms with van der Waals surface area (Å²) in [5.41, 5.74) is 5.16. The van der Waals surface area contributed by atoms with Gasteiger partial charge in [-0.2, -0.15) is 0 Å². The van der Waals surface area contributed by atoms with Crippen LogP contribution >= 0.6 is 0 Å². The first-order chi connectivity index (χ1) is 8.90. The summed E-state index contributed by atoms with van der Waals surface area (Å²) < 4.78 is 2.41. The second-order valence-corrected chi connectivity index (χ2v) is 4.64. The minimum absolute atomic E-state index is 0.127. The van der Waals surface area contributed by atoms with E-state index in [1.807, 2.05) is 6.92 Å². The largest absolute Gasteiger partial charge is 0.392 e. The van der Waals surface area contributed by atoms with Crippen LogP contribution in [0.2, 0.25) is 0 Å². The number of hydrogen-bond donors (Lipinski definition) is 3. The molecule has 0 saturated heterocycles. The van der Waals surface area contributed by atoms with E-state index in [2.05, 4.69) is 5.32 Å². The van der Waals surface area contributed by atoms with Gasteiger partial charge in [-0.3, -0.25) is 13.9 Å². The Morgan fingerprint density at radius 2 is 2.05 bits per heavy atom. The number of aliphatic hydroxyl groups is 1. The van der Waals surface area contributed by atoms with E-state index < -0.39 is 17.4 Å². The summed E-state index contributed by atoms with van der Waals surface area (Å²) in [4.78, 5) is 23.9. The molecule has 1 rings (SSSR count). The topological polar surface area (TPSA) is 102 Å². The lowest BCUT2D eigenvalue weighted by Gasteiger charge is -2.16. The molecule has 1 aromatic rings. The molecule has 4 N–H and O–H groups in total. The quantitative estimate of drug-likeness (QED) is 0.660. The van der Waals surface area contributed by atoms with Gasteiger partial charge in [0.05, 0.1) is 6.10 Å². The molecule has 1 heterocycles. The monoisotopic (exact) mass is 270 g/mol. The number of aromatic nitrogens is 2. The van der Waals surface area contributed by atoms with Gasteiger partial charge in [-0.05, 0) is 13.3 Å². The van der Waals surface area contributed by atoms with E-state index in [0.717, 1.165) is 17.4 Å². The third-order valence-corrected chi connectivity index (χ3v) is 2.89. The maximum Gasteiger partial charge on any atom is 0.332 e. The predicted molar refractivity (Wildman–Crippen MR) is 75.4 cm³/mol. The Morgan fingerprint density at radius 3 is 2.58 bits per heavy atom. The van der Waals surface area contributed by atoms with E-state index in [-0.39, 0.29) is 18.1 Å². The standard InChI is InChI=1S/C12H22N4O3/c1-4-5-6-16-10(13)9(14-7-8(2)17)11(18)15(3)12(16)19/h8,14,17H,4-7,13H2,1-3H3. The number of hydrogen-bond acceptors (Lipinski definition) is 5. The molecule has 0 spiro atoms. The summed E-state index contributed by atoms with van der Waals surface area (Å²) in [5.74, 6) is 0.127. The van der Waals surface area contributed by atoms with Crippen LogP contribution in [0.1, 0.15) is 26.7 Å². The molecule has 7 nitrogen and oxygen atoms in total. The van der Waals surface area contributed by atoms with Gasteiger partial charge in [0.1, 0.15) is 11.5 Å². The second kappa shape index (κ2) is 6.42. The average molecular weight is 270 g/mol. The Hall–Kier alpha value is -1.76. The highest BCUT2D eigenvalue weighted by atomic mass is 16.3. The fourth-order valence-corrected chi connectivity index (χ4v) is 1.73. The number of nitrogens with two attached hydrogens (primary N) is 1. The number of nitrogens with one attached hydrogen (secondary N) is 1. The Morgan fingerprint density at radius 1 is 1.42 bits per heavy atom. The number of rotatable bonds is 6. The zero-order valence-electron chi connectivity index (χ0n) is 11.6. The maximum atomic E-state index is 12.0. The molecule has 1 aromatic heterocycles. The van der Waals surface area contributed by atoms with Crippen LogP contribution in [-0.2, 0) is 13.6 Å². The van der Waals surface area contributed by atoms with Gasteiger partial charge in [-0.15, -0.1) is 0 Å². The van der Waals surface area contributed by atoms with Crippen LogP contribution in [0.3, 0.4) is 0 Å². The molecule has 0 amide bonds. The van der Waals surface area contributed by atoms with Gasteiger partial charge >= 0.3 is 5.69 Å². The molecule has 7 heteroatoms. The SMILES string of the molecule is CCCCn1c(N)c(NCC(C)O)c(=O)n(C)c1=O. The van der Waals surface area contributed by atoms with Gasteiger partial charge in [-0.1, -0.05) is 13.3 Å². The van der Waals surface area contributed by atoms with Gasteiger partial charge in [0.15, 0.2) is 0 Å². The van der Waals surface area contributed by atoms with Crippen LogP contribution < -0.4 is 22.3 Å². The van der Waals surface area contributed by atoms with Gasteiger partial charge < -0.3 is 16.2 Å². The molecular weight excluding hydrogens is 248 g/mol. The van der Waals surface area contributed by atoms with Gasteiger partial charge in [0, 0.05) is 20.1 Å². The van der Waals surface area contributed by atoms with Crippen molar-refractivity contribution in [3.8, 4) is 0 Å². The minimum atomic E-state index is -0.611. The van der Waals surface area contributed by atoms with Crippen LogP contribution in [0, 0.1) is 0 Å². The zero-order chi connectivity index (χ0) is 14.6. The molecule has 19 heavy (non-hydrogen) atoms. The second-order valence-electron chi connectivity index (χ2n) is 4.64. The van der Waals surface area contributed by atoms with Crippen LogP contribution in [0.4, 0.5) is 11.5 Å². The van der Waals surface area contributed by atoms with Crippen LogP contribution in [0.25, 0.3) is 0 Å². The summed E-state index contributed by atoms with van der Waals surface area (Å²) in [6, 6.07) is 0. The number of nitrogens with zero attached hydrogens (tertiary/aromatic N) is 2. The molecule has 1 unspecified atom stereocenters. The van der Waals surface area contributed by atoms with Crippen molar-refractivity contribution in [2.24, 2.45) is 7.05 Å². The molecule has 0 bridgehead atoms. The summed E-state index contributed by atoms with van der Waals surface area (Å²) >= 11 is 0. The van der Waals surface area contributed by atoms with Crippen molar-refractivity contribution in [3.63, 3.8) is 0 Å². The number of nitrogen functional groups attached to an aromatic ring is 1. The average Bonchev–Trinajstić information content (AvgIpc) is 2.36. The van der Waals surface area contributed by atoms with E-state index in [9.17, 15) is 14.7 Å². The van der Waals surface area contributed by atoms with Crippen molar-refractivity contribution in [3.05, 3.63) is 20.8 Å². The summed E-state index contributed by atoms with van der Waals surface area (Å²) in [6.07, 6.45) is 1.11. The highest BCUT2D eigenvalue weighted by Crippen LogP contribution is 2.11. The molecule has 0 aliphatic heterocycles. The first-order valence-corrected chi connectivity index (χ1v) is 6.41. The van der Waals surface area contributed by atoms with Crippen LogP contribution in [-0.4, -0.2) is 26.9 Å². The van der Waals surface area contributed by atoms with Crippen molar-refractivity contribution >= 4 is 11.5 Å². The van der Waals surface area contributed by atoms with E-state index >= 15 is 0 Å². The van der Waals surface area contributed by atoms with Gasteiger partial charge in [0.2, 0.25) is 0 Å². The first kappa shape index (κ1) is 15.3. The van der Waals surface area contributed by atoms with Gasteiger partial charge in [-0.25, -0.2) is 4.79 Å². The van der Waals surface area contributed by atoms with Crippen molar-refractivity contribution < 1.29 is 5.11 Å². The maximum absolute atomic E-state index is 12.0. The number of anilines is 2. The lowest BCUT2D eigenvalue weighted by atomic mass is 10.3. The number of unbranched alkanes of at least 4 members (excludes halogenated alkanes) is 1. The Kier molecular flexibility index (Phi) is 5.17. The molecule has 0 aromatic carbocycles. The van der Waals surface area contributed by atoms with Crippen molar-refractivity contribution in [2.75, 3.05) is 17.6 Å². The smallest absolute Gasteiger partial charge is 0.332 e. The van der Waals surface area contributed by atoms with Crippen molar-refractivity contribution in [1.82, 2.24) is 9.13 Å². The lowest BCUT2D eigenvalue weighted by molar-refractivity contribution is 0.208. The molecule has 0 saturated carbocycles. The fourth-order valence-electron chi connectivity index (χ4n) is 1.73. The van der Waals surface area contributed by atoms with Crippen LogP contribution in [0.5, 0.6) is 0 Å². The fraction of sp³-hybridized carbons (Fsp3) is 0.667. The molecule has 0 aliphatic rings. The lowest BCUT2D eigenvalue weighted by Crippen LogP contribution is -2.41. The summed E-state index contributed by atoms with van der Waals surface area (Å²) in [5, 5.41) is 12.0. The van der Waals surface area contributed by atoms with E-state index in [1.165, 1.54) is 11.6 Å². The van der Waals surface area contributed by atoms with Crippen molar-refractivity contribution in [1.29, 1.82) is 0 Å². The Labute approximate surface area is 111 Å². The third-order valence-electron chi connectivity index (χ3n) is 2.89. The Bertz CT molecular complexity index is 545. The van der Waals surface area contributed by atoms with E-state index in [0.29, 0.717) is 6.54 Å². The highest BCUT2D eigenvalue weighted by molar-refractivity contribution is 5.60. The third kappa shape index (κ3) is 3.37. The Balaban J connectivity index is 3.26. The molecule has 1 atom stereocenters. The predicted octanol–water partition coefficient (Wildman–Crippen LogP) is -0.278. The molecule has 0 radical (unpaired) electrons. The molecule has 108 valence electrons. The minimum Gasteiger partial charge on any atom is -0.392 e.